The Hall–Kier alpha value is -1.55. The third-order valence-electron chi connectivity index (χ3n) is 3.08. The SMILES string of the molecule is COc1ccccc1NC(=O)CNC(C)(C)CC(C)(C)C. The van der Waals surface area contributed by atoms with Gasteiger partial charge in [-0.15, -0.1) is 0 Å². The normalized spacial score (nSPS) is 12.1. The summed E-state index contributed by atoms with van der Waals surface area (Å²) in [7, 11) is 1.59. The van der Waals surface area contributed by atoms with Crippen molar-refractivity contribution in [1.29, 1.82) is 0 Å². The minimum Gasteiger partial charge on any atom is -0.495 e. The van der Waals surface area contributed by atoms with Crippen molar-refractivity contribution >= 4 is 11.6 Å². The molecule has 1 rings (SSSR count). The Morgan fingerprint density at radius 3 is 2.33 bits per heavy atom. The third-order valence-corrected chi connectivity index (χ3v) is 3.08. The van der Waals surface area contributed by atoms with Crippen molar-refractivity contribution in [3.63, 3.8) is 0 Å². The van der Waals surface area contributed by atoms with E-state index in [1.807, 2.05) is 24.3 Å². The van der Waals surface area contributed by atoms with Crippen LogP contribution in [0.15, 0.2) is 24.3 Å². The van der Waals surface area contributed by atoms with Crippen LogP contribution in [0, 0.1) is 5.41 Å². The van der Waals surface area contributed by atoms with Gasteiger partial charge in [-0.2, -0.15) is 0 Å². The molecule has 0 aromatic heterocycles. The lowest BCUT2D eigenvalue weighted by molar-refractivity contribution is -0.115. The van der Waals surface area contributed by atoms with Gasteiger partial charge in [-0.1, -0.05) is 32.9 Å². The smallest absolute Gasteiger partial charge is 0.238 e. The van der Waals surface area contributed by atoms with E-state index in [-0.39, 0.29) is 23.4 Å². The van der Waals surface area contributed by atoms with Crippen molar-refractivity contribution in [3.8, 4) is 5.75 Å². The van der Waals surface area contributed by atoms with Crippen molar-refractivity contribution in [2.45, 2.75) is 46.6 Å². The molecular formula is C17H28N2O2. The summed E-state index contributed by atoms with van der Waals surface area (Å²) >= 11 is 0. The highest BCUT2D eigenvalue weighted by Gasteiger charge is 2.25. The second-order valence-corrected chi connectivity index (χ2v) is 7.22. The second kappa shape index (κ2) is 6.94. The van der Waals surface area contributed by atoms with Crippen LogP contribution in [0.5, 0.6) is 5.75 Å². The summed E-state index contributed by atoms with van der Waals surface area (Å²) in [5, 5.41) is 6.19. The van der Waals surface area contributed by atoms with E-state index in [9.17, 15) is 4.79 Å². The summed E-state index contributed by atoms with van der Waals surface area (Å²) in [5.41, 5.74) is 0.826. The van der Waals surface area contributed by atoms with Crippen molar-refractivity contribution in [2.24, 2.45) is 5.41 Å². The van der Waals surface area contributed by atoms with Crippen LogP contribution in [0.25, 0.3) is 0 Å². The van der Waals surface area contributed by atoms with Gasteiger partial charge in [-0.05, 0) is 37.8 Å². The first-order chi connectivity index (χ1) is 9.63. The number of para-hydroxylation sites is 2. The number of methoxy groups -OCH3 is 1. The summed E-state index contributed by atoms with van der Waals surface area (Å²) in [5.74, 6) is 0.598. The Balaban J connectivity index is 2.55. The maximum absolute atomic E-state index is 12.1. The molecule has 0 spiro atoms. The van der Waals surface area contributed by atoms with Gasteiger partial charge in [0.1, 0.15) is 5.75 Å². The minimum absolute atomic E-state index is 0.0681. The van der Waals surface area contributed by atoms with Crippen LogP contribution in [-0.2, 0) is 4.79 Å². The number of hydrogen-bond donors (Lipinski definition) is 2. The molecule has 0 heterocycles. The van der Waals surface area contributed by atoms with E-state index in [0.29, 0.717) is 11.4 Å². The fourth-order valence-corrected chi connectivity index (χ4v) is 2.65. The van der Waals surface area contributed by atoms with Gasteiger partial charge in [0.25, 0.3) is 0 Å². The monoisotopic (exact) mass is 292 g/mol. The molecule has 118 valence electrons. The molecule has 0 atom stereocenters. The number of carbonyl (C=O) groups is 1. The fraction of sp³-hybridized carbons (Fsp3) is 0.588. The molecule has 4 nitrogen and oxygen atoms in total. The average molecular weight is 292 g/mol. The van der Waals surface area contributed by atoms with Gasteiger partial charge < -0.3 is 15.4 Å². The lowest BCUT2D eigenvalue weighted by atomic mass is 9.82. The Labute approximate surface area is 128 Å². The Kier molecular flexibility index (Phi) is 5.78. The summed E-state index contributed by atoms with van der Waals surface area (Å²) in [6.45, 7) is 11.1. The quantitative estimate of drug-likeness (QED) is 0.844. The molecule has 0 saturated carbocycles. The van der Waals surface area contributed by atoms with Gasteiger partial charge in [0.15, 0.2) is 0 Å². The predicted molar refractivity (Wildman–Crippen MR) is 87.8 cm³/mol. The number of carbonyl (C=O) groups excluding carboxylic acids is 1. The fourth-order valence-electron chi connectivity index (χ4n) is 2.65. The Morgan fingerprint density at radius 2 is 1.76 bits per heavy atom. The Morgan fingerprint density at radius 1 is 1.14 bits per heavy atom. The molecule has 2 N–H and O–H groups in total. The summed E-state index contributed by atoms with van der Waals surface area (Å²) in [4.78, 5) is 12.1. The van der Waals surface area contributed by atoms with Gasteiger partial charge in [-0.3, -0.25) is 4.79 Å². The van der Waals surface area contributed by atoms with E-state index in [1.165, 1.54) is 0 Å². The molecular weight excluding hydrogens is 264 g/mol. The maximum Gasteiger partial charge on any atom is 0.238 e. The highest BCUT2D eigenvalue weighted by atomic mass is 16.5. The van der Waals surface area contributed by atoms with E-state index >= 15 is 0 Å². The van der Waals surface area contributed by atoms with Gasteiger partial charge in [-0.25, -0.2) is 0 Å². The van der Waals surface area contributed by atoms with Crippen molar-refractivity contribution in [3.05, 3.63) is 24.3 Å². The highest BCUT2D eigenvalue weighted by molar-refractivity contribution is 5.93. The van der Waals surface area contributed by atoms with Crippen LogP contribution in [-0.4, -0.2) is 25.1 Å². The third kappa shape index (κ3) is 6.63. The van der Waals surface area contributed by atoms with Crippen LogP contribution in [0.1, 0.15) is 41.0 Å². The molecule has 0 aliphatic rings. The molecule has 0 aliphatic heterocycles. The molecule has 0 saturated heterocycles. The van der Waals surface area contributed by atoms with E-state index in [1.54, 1.807) is 7.11 Å². The molecule has 4 heteroatoms. The minimum atomic E-state index is -0.0869. The first-order valence-corrected chi connectivity index (χ1v) is 7.31. The first kappa shape index (κ1) is 17.5. The largest absolute Gasteiger partial charge is 0.495 e. The van der Waals surface area contributed by atoms with Crippen molar-refractivity contribution in [2.75, 3.05) is 19.0 Å². The molecule has 1 amide bonds. The number of anilines is 1. The zero-order valence-electron chi connectivity index (χ0n) is 14.0. The van der Waals surface area contributed by atoms with Crippen LogP contribution >= 0.6 is 0 Å². The van der Waals surface area contributed by atoms with Crippen molar-refractivity contribution < 1.29 is 9.53 Å². The second-order valence-electron chi connectivity index (χ2n) is 7.22. The standard InChI is InChI=1S/C17H28N2O2/c1-16(2,3)12-17(4,5)18-11-15(20)19-13-9-7-8-10-14(13)21-6/h7-10,18H,11-12H2,1-6H3,(H,19,20). The van der Waals surface area contributed by atoms with Gasteiger partial charge in [0, 0.05) is 5.54 Å². The first-order valence-electron chi connectivity index (χ1n) is 7.31. The van der Waals surface area contributed by atoms with Gasteiger partial charge >= 0.3 is 0 Å². The number of rotatable bonds is 6. The van der Waals surface area contributed by atoms with E-state index in [2.05, 4.69) is 45.3 Å². The zero-order chi connectivity index (χ0) is 16.1. The van der Waals surface area contributed by atoms with Gasteiger partial charge in [0.2, 0.25) is 5.91 Å². The molecule has 0 aliphatic carbocycles. The number of benzene rings is 1. The number of ether oxygens (including phenoxy) is 1. The summed E-state index contributed by atoms with van der Waals surface area (Å²) in [6, 6.07) is 7.40. The number of nitrogens with one attached hydrogen (secondary N) is 2. The molecule has 0 unspecified atom stereocenters. The van der Waals surface area contributed by atoms with Crippen LogP contribution < -0.4 is 15.4 Å². The molecule has 21 heavy (non-hydrogen) atoms. The molecule has 0 fully saturated rings. The van der Waals surface area contributed by atoms with Gasteiger partial charge in [0.05, 0.1) is 19.3 Å². The lowest BCUT2D eigenvalue weighted by Crippen LogP contribution is -2.45. The predicted octanol–water partition coefficient (Wildman–Crippen LogP) is 3.44. The van der Waals surface area contributed by atoms with E-state index in [4.69, 9.17) is 4.74 Å². The Bertz CT molecular complexity index is 476. The highest BCUT2D eigenvalue weighted by Crippen LogP contribution is 2.27. The summed E-state index contributed by atoms with van der Waals surface area (Å²) in [6.07, 6.45) is 0.988. The van der Waals surface area contributed by atoms with E-state index < -0.39 is 0 Å². The molecule has 0 radical (unpaired) electrons. The van der Waals surface area contributed by atoms with Crippen LogP contribution in [0.4, 0.5) is 5.69 Å². The lowest BCUT2D eigenvalue weighted by Gasteiger charge is -2.33. The molecule has 1 aromatic rings. The van der Waals surface area contributed by atoms with E-state index in [0.717, 1.165) is 6.42 Å². The molecule has 0 bridgehead atoms. The topological polar surface area (TPSA) is 50.4 Å². The van der Waals surface area contributed by atoms with Crippen molar-refractivity contribution in [1.82, 2.24) is 5.32 Å². The maximum atomic E-state index is 12.1. The average Bonchev–Trinajstić information content (AvgIpc) is 2.34. The zero-order valence-corrected chi connectivity index (χ0v) is 14.0. The van der Waals surface area contributed by atoms with Crippen LogP contribution in [0.2, 0.25) is 0 Å². The summed E-state index contributed by atoms with van der Waals surface area (Å²) < 4.78 is 5.22. The number of amides is 1. The molecule has 1 aromatic carbocycles. The number of hydrogen-bond acceptors (Lipinski definition) is 3. The van der Waals surface area contributed by atoms with Crippen LogP contribution in [0.3, 0.4) is 0 Å².